The summed E-state index contributed by atoms with van der Waals surface area (Å²) in [4.78, 5) is 0. The Kier molecular flexibility index (Phi) is 2.54. The van der Waals surface area contributed by atoms with E-state index in [1.165, 1.54) is 12.1 Å². The largest absolute Gasteiger partial charge is 0.380 e. The number of hydrogen-bond acceptors (Lipinski definition) is 3. The Bertz CT molecular complexity index is 591. The molecule has 0 atom stereocenters. The quantitative estimate of drug-likeness (QED) is 0.910. The molecule has 2 aromatic rings. The fraction of sp³-hybridized carbons (Fsp3) is 0.308. The number of anilines is 1. The Morgan fingerprint density at radius 3 is 2.78 bits per heavy atom. The van der Waals surface area contributed by atoms with Crippen molar-refractivity contribution in [2.45, 2.75) is 19.3 Å². The van der Waals surface area contributed by atoms with Gasteiger partial charge in [0.2, 0.25) is 0 Å². The van der Waals surface area contributed by atoms with Crippen LogP contribution in [-0.4, -0.2) is 5.16 Å². The molecule has 18 heavy (non-hydrogen) atoms. The summed E-state index contributed by atoms with van der Waals surface area (Å²) >= 11 is 0. The van der Waals surface area contributed by atoms with Crippen LogP contribution >= 0.6 is 0 Å². The van der Waals surface area contributed by atoms with E-state index in [-0.39, 0.29) is 11.4 Å². The van der Waals surface area contributed by atoms with E-state index in [9.17, 15) is 8.78 Å². The summed E-state index contributed by atoms with van der Waals surface area (Å²) in [7, 11) is 0. The third-order valence-corrected chi connectivity index (χ3v) is 3.16. The summed E-state index contributed by atoms with van der Waals surface area (Å²) in [5.74, 6) is 0.0354. The maximum absolute atomic E-state index is 13.8. The van der Waals surface area contributed by atoms with Crippen LogP contribution in [0.25, 0.3) is 11.1 Å². The van der Waals surface area contributed by atoms with Gasteiger partial charge in [0.1, 0.15) is 17.4 Å². The standard InChI is InChI=1S/C13H12F2N2O/c14-8-3-4-9(10(15)6-8)12-11(5-7-1-2-7)18-17-13(12)16/h3-4,6-7H,1-2,5H2,(H2,16,17). The lowest BCUT2D eigenvalue weighted by Crippen LogP contribution is -1.95. The van der Waals surface area contributed by atoms with Gasteiger partial charge in [0.25, 0.3) is 0 Å². The van der Waals surface area contributed by atoms with E-state index in [2.05, 4.69) is 5.16 Å². The second-order valence-corrected chi connectivity index (χ2v) is 4.64. The predicted octanol–water partition coefficient (Wildman–Crippen LogP) is 3.15. The average molecular weight is 250 g/mol. The van der Waals surface area contributed by atoms with E-state index in [4.69, 9.17) is 10.3 Å². The van der Waals surface area contributed by atoms with Gasteiger partial charge in [0.05, 0.1) is 5.56 Å². The molecule has 0 spiro atoms. The molecule has 0 aliphatic heterocycles. The van der Waals surface area contributed by atoms with Gasteiger partial charge in [-0.25, -0.2) is 8.78 Å². The van der Waals surface area contributed by atoms with E-state index >= 15 is 0 Å². The molecule has 1 saturated carbocycles. The Labute approximate surface area is 103 Å². The van der Waals surface area contributed by atoms with Gasteiger partial charge in [-0.1, -0.05) is 5.16 Å². The van der Waals surface area contributed by atoms with Gasteiger partial charge in [-0.3, -0.25) is 0 Å². The monoisotopic (exact) mass is 250 g/mol. The van der Waals surface area contributed by atoms with Gasteiger partial charge in [0.15, 0.2) is 5.82 Å². The molecule has 3 rings (SSSR count). The molecule has 0 saturated heterocycles. The molecule has 1 heterocycles. The summed E-state index contributed by atoms with van der Waals surface area (Å²) in [6.07, 6.45) is 2.99. The Hall–Kier alpha value is -1.91. The molecule has 0 bridgehead atoms. The van der Waals surface area contributed by atoms with Gasteiger partial charge >= 0.3 is 0 Å². The molecule has 0 amide bonds. The van der Waals surface area contributed by atoms with Crippen molar-refractivity contribution in [2.75, 3.05) is 5.73 Å². The maximum Gasteiger partial charge on any atom is 0.175 e. The number of benzene rings is 1. The third kappa shape index (κ3) is 1.96. The van der Waals surface area contributed by atoms with Crippen molar-refractivity contribution in [3.8, 4) is 11.1 Å². The first kappa shape index (κ1) is 11.2. The summed E-state index contributed by atoms with van der Waals surface area (Å²) < 4.78 is 31.8. The first-order chi connectivity index (χ1) is 8.65. The topological polar surface area (TPSA) is 52.0 Å². The van der Waals surface area contributed by atoms with Crippen molar-refractivity contribution in [1.82, 2.24) is 5.16 Å². The lowest BCUT2D eigenvalue weighted by Gasteiger charge is -2.03. The van der Waals surface area contributed by atoms with Gasteiger partial charge in [-0.05, 0) is 30.9 Å². The minimum Gasteiger partial charge on any atom is -0.380 e. The average Bonchev–Trinajstić information content (AvgIpc) is 3.06. The molecular weight excluding hydrogens is 238 g/mol. The Morgan fingerprint density at radius 1 is 1.33 bits per heavy atom. The number of nitrogens with zero attached hydrogens (tertiary/aromatic N) is 1. The van der Waals surface area contributed by atoms with Gasteiger partial charge in [0, 0.05) is 18.1 Å². The van der Waals surface area contributed by atoms with Crippen molar-refractivity contribution in [3.63, 3.8) is 0 Å². The molecule has 1 aromatic carbocycles. The van der Waals surface area contributed by atoms with E-state index < -0.39 is 11.6 Å². The predicted molar refractivity (Wildman–Crippen MR) is 62.7 cm³/mol. The fourth-order valence-corrected chi connectivity index (χ4v) is 2.04. The third-order valence-electron chi connectivity index (χ3n) is 3.16. The lowest BCUT2D eigenvalue weighted by molar-refractivity contribution is 0.381. The summed E-state index contributed by atoms with van der Waals surface area (Å²) in [5, 5.41) is 3.68. The van der Waals surface area contributed by atoms with Crippen LogP contribution in [0.4, 0.5) is 14.6 Å². The van der Waals surface area contributed by atoms with Crippen molar-refractivity contribution in [2.24, 2.45) is 5.92 Å². The van der Waals surface area contributed by atoms with Crippen LogP contribution < -0.4 is 5.73 Å². The van der Waals surface area contributed by atoms with Crippen LogP contribution in [0.3, 0.4) is 0 Å². The van der Waals surface area contributed by atoms with Crippen molar-refractivity contribution >= 4 is 5.82 Å². The van der Waals surface area contributed by atoms with E-state index in [0.29, 0.717) is 23.7 Å². The van der Waals surface area contributed by atoms with E-state index in [1.807, 2.05) is 0 Å². The van der Waals surface area contributed by atoms with E-state index in [1.54, 1.807) is 0 Å². The van der Waals surface area contributed by atoms with Gasteiger partial charge < -0.3 is 10.3 Å². The molecule has 3 nitrogen and oxygen atoms in total. The second kappa shape index (κ2) is 4.08. The van der Waals surface area contributed by atoms with Crippen LogP contribution in [0.2, 0.25) is 0 Å². The minimum absolute atomic E-state index is 0.149. The first-order valence-electron chi connectivity index (χ1n) is 5.84. The highest BCUT2D eigenvalue weighted by molar-refractivity contribution is 5.76. The summed E-state index contributed by atoms with van der Waals surface area (Å²) in [6.45, 7) is 0. The molecule has 1 fully saturated rings. The first-order valence-corrected chi connectivity index (χ1v) is 5.84. The molecule has 5 heteroatoms. The normalized spacial score (nSPS) is 15.0. The smallest absolute Gasteiger partial charge is 0.175 e. The molecule has 94 valence electrons. The highest BCUT2D eigenvalue weighted by Crippen LogP contribution is 2.38. The number of hydrogen-bond donors (Lipinski definition) is 1. The van der Waals surface area contributed by atoms with Crippen LogP contribution in [-0.2, 0) is 6.42 Å². The van der Waals surface area contributed by atoms with Crippen molar-refractivity contribution in [3.05, 3.63) is 35.6 Å². The number of nitrogen functional groups attached to an aromatic ring is 1. The zero-order chi connectivity index (χ0) is 12.7. The van der Waals surface area contributed by atoms with Gasteiger partial charge in [-0.15, -0.1) is 0 Å². The van der Waals surface area contributed by atoms with Crippen LogP contribution in [0.1, 0.15) is 18.6 Å². The van der Waals surface area contributed by atoms with Gasteiger partial charge in [-0.2, -0.15) is 0 Å². The van der Waals surface area contributed by atoms with E-state index in [0.717, 1.165) is 18.9 Å². The molecular formula is C13H12F2N2O. The van der Waals surface area contributed by atoms with Crippen LogP contribution in [0.5, 0.6) is 0 Å². The SMILES string of the molecule is Nc1noc(CC2CC2)c1-c1ccc(F)cc1F. The number of rotatable bonds is 3. The van der Waals surface area contributed by atoms with Crippen molar-refractivity contribution in [1.29, 1.82) is 0 Å². The lowest BCUT2D eigenvalue weighted by atomic mass is 10.0. The second-order valence-electron chi connectivity index (χ2n) is 4.64. The molecule has 1 aliphatic rings. The number of halogens is 2. The minimum atomic E-state index is -0.651. The molecule has 0 unspecified atom stereocenters. The summed E-state index contributed by atoms with van der Waals surface area (Å²) in [5.41, 5.74) is 6.41. The Balaban J connectivity index is 2.06. The summed E-state index contributed by atoms with van der Waals surface area (Å²) in [6, 6.07) is 3.40. The zero-order valence-electron chi connectivity index (χ0n) is 9.62. The molecule has 0 radical (unpaired) electrons. The number of nitrogens with two attached hydrogens (primary N) is 1. The number of aromatic nitrogens is 1. The van der Waals surface area contributed by atoms with Crippen molar-refractivity contribution < 1.29 is 13.3 Å². The Morgan fingerprint density at radius 2 is 2.11 bits per heavy atom. The molecule has 1 aromatic heterocycles. The molecule has 2 N–H and O–H groups in total. The highest BCUT2D eigenvalue weighted by atomic mass is 19.1. The van der Waals surface area contributed by atoms with Crippen LogP contribution in [0.15, 0.2) is 22.7 Å². The highest BCUT2D eigenvalue weighted by Gasteiger charge is 2.27. The zero-order valence-corrected chi connectivity index (χ0v) is 9.62. The van der Waals surface area contributed by atoms with Crippen LogP contribution in [0, 0.1) is 17.6 Å². The molecule has 1 aliphatic carbocycles. The fourth-order valence-electron chi connectivity index (χ4n) is 2.04. The maximum atomic E-state index is 13.8.